The molecule has 1 amide bonds. The number of hydrogen-bond acceptors (Lipinski definition) is 5. The van der Waals surface area contributed by atoms with Gasteiger partial charge in [0.05, 0.1) is 18.2 Å². The molecule has 2 N–H and O–H groups in total. The maximum atomic E-state index is 11.5. The van der Waals surface area contributed by atoms with Crippen LogP contribution in [0.15, 0.2) is 34.9 Å². The van der Waals surface area contributed by atoms with Crippen LogP contribution < -0.4 is 10.5 Å². The molecule has 0 fully saturated rings. The summed E-state index contributed by atoms with van der Waals surface area (Å²) in [6.45, 7) is 4.33. The van der Waals surface area contributed by atoms with Gasteiger partial charge in [-0.3, -0.25) is 4.79 Å². The van der Waals surface area contributed by atoms with Gasteiger partial charge in [-0.15, -0.1) is 0 Å². The summed E-state index contributed by atoms with van der Waals surface area (Å²) in [6.07, 6.45) is 0.637. The van der Waals surface area contributed by atoms with E-state index in [0.717, 1.165) is 28.4 Å². The van der Waals surface area contributed by atoms with Gasteiger partial charge in [0, 0.05) is 23.7 Å². The van der Waals surface area contributed by atoms with Gasteiger partial charge < -0.3 is 15.0 Å². The highest BCUT2D eigenvalue weighted by Gasteiger charge is 2.19. The number of carbonyl (C=O) groups excluding carboxylic acids is 1. The van der Waals surface area contributed by atoms with Crippen LogP contribution in [0.25, 0.3) is 5.69 Å². The van der Waals surface area contributed by atoms with Crippen molar-refractivity contribution in [3.8, 4) is 23.3 Å². The van der Waals surface area contributed by atoms with Crippen LogP contribution in [0.3, 0.4) is 0 Å². The second-order valence-corrected chi connectivity index (χ2v) is 6.43. The Morgan fingerprint density at radius 2 is 2.19 bits per heavy atom. The number of fused-ring (bicyclic) bond motifs is 3. The van der Waals surface area contributed by atoms with Gasteiger partial charge in [-0.1, -0.05) is 17.0 Å². The lowest BCUT2D eigenvalue weighted by molar-refractivity contribution is 0.0995. The normalized spacial score (nSPS) is 13.4. The minimum atomic E-state index is -0.550. The van der Waals surface area contributed by atoms with Crippen molar-refractivity contribution in [2.75, 3.05) is 6.61 Å². The highest BCUT2D eigenvalue weighted by molar-refractivity contribution is 5.91. The van der Waals surface area contributed by atoms with E-state index in [9.17, 15) is 4.79 Å². The average Bonchev–Trinajstić information content (AvgIpc) is 3.23. The van der Waals surface area contributed by atoms with E-state index in [1.54, 1.807) is 10.7 Å². The van der Waals surface area contributed by atoms with E-state index in [4.69, 9.17) is 15.0 Å². The molecule has 0 saturated carbocycles. The summed E-state index contributed by atoms with van der Waals surface area (Å²) in [4.78, 5) is 11.5. The van der Waals surface area contributed by atoms with Crippen LogP contribution in [0.5, 0.6) is 5.75 Å². The first-order valence-corrected chi connectivity index (χ1v) is 8.62. The smallest absolute Gasteiger partial charge is 0.269 e. The van der Waals surface area contributed by atoms with Crippen LogP contribution in [-0.2, 0) is 6.42 Å². The topological polar surface area (TPSA) is 96.2 Å². The summed E-state index contributed by atoms with van der Waals surface area (Å²) >= 11 is 0. The van der Waals surface area contributed by atoms with Crippen LogP contribution in [0.2, 0.25) is 0 Å². The third-order valence-corrected chi connectivity index (χ3v) is 4.36. The number of carbonyl (C=O) groups is 1. The van der Waals surface area contributed by atoms with Crippen molar-refractivity contribution in [2.24, 2.45) is 5.73 Å². The second-order valence-electron chi connectivity index (χ2n) is 6.43. The molecule has 7 nitrogen and oxygen atoms in total. The van der Waals surface area contributed by atoms with Gasteiger partial charge in [0.2, 0.25) is 0 Å². The van der Waals surface area contributed by atoms with Gasteiger partial charge >= 0.3 is 0 Å². The molecule has 27 heavy (non-hydrogen) atoms. The van der Waals surface area contributed by atoms with Crippen LogP contribution in [-0.4, -0.2) is 27.5 Å². The number of ether oxygens (including phenoxy) is 1. The molecule has 0 spiro atoms. The number of rotatable bonds is 2. The summed E-state index contributed by atoms with van der Waals surface area (Å²) < 4.78 is 12.6. The van der Waals surface area contributed by atoms with Crippen molar-refractivity contribution in [3.63, 3.8) is 0 Å². The monoisotopic (exact) mass is 362 g/mol. The lowest BCUT2D eigenvalue weighted by Crippen LogP contribution is -2.12. The fraction of sp³-hybridized carbons (Fsp3) is 0.250. The van der Waals surface area contributed by atoms with E-state index in [1.807, 2.05) is 38.1 Å². The van der Waals surface area contributed by atoms with Gasteiger partial charge in [-0.25, -0.2) is 4.68 Å². The van der Waals surface area contributed by atoms with Crippen LogP contribution >= 0.6 is 0 Å². The number of nitrogens with two attached hydrogens (primary N) is 1. The van der Waals surface area contributed by atoms with Crippen molar-refractivity contribution in [3.05, 3.63) is 58.7 Å². The van der Waals surface area contributed by atoms with Crippen molar-refractivity contribution < 1.29 is 14.1 Å². The standard InChI is InChI=1S/C20H18N4O3/c1-12(16-9-13(2)27-23-16)3-4-14-5-6-19-18(10-14)24-15(7-8-26-19)11-17(22-24)20(21)25/h5-6,9-12H,7-8H2,1-2H3,(H2,21,25). The summed E-state index contributed by atoms with van der Waals surface area (Å²) in [5.74, 6) is 7.19. The lowest BCUT2D eigenvalue weighted by atomic mass is 10.1. The fourth-order valence-corrected chi connectivity index (χ4v) is 2.93. The average molecular weight is 362 g/mol. The van der Waals surface area contributed by atoms with Crippen molar-refractivity contribution in [1.29, 1.82) is 0 Å². The maximum absolute atomic E-state index is 11.5. The third-order valence-electron chi connectivity index (χ3n) is 4.36. The molecule has 0 aliphatic carbocycles. The van der Waals surface area contributed by atoms with Gasteiger partial charge in [-0.05, 0) is 38.1 Å². The van der Waals surface area contributed by atoms with Crippen molar-refractivity contribution >= 4 is 5.91 Å². The molecule has 3 heterocycles. The van der Waals surface area contributed by atoms with Gasteiger partial charge in [0.15, 0.2) is 5.69 Å². The Kier molecular flexibility index (Phi) is 4.16. The number of primary amides is 1. The third kappa shape index (κ3) is 3.29. The molecule has 1 unspecified atom stereocenters. The quantitative estimate of drug-likeness (QED) is 0.706. The zero-order valence-corrected chi connectivity index (χ0v) is 15.0. The number of amides is 1. The molecular formula is C20H18N4O3. The van der Waals surface area contributed by atoms with Crippen molar-refractivity contribution in [1.82, 2.24) is 14.9 Å². The van der Waals surface area contributed by atoms with E-state index in [2.05, 4.69) is 22.1 Å². The van der Waals surface area contributed by atoms with Crippen molar-refractivity contribution in [2.45, 2.75) is 26.2 Å². The minimum absolute atomic E-state index is 0.0563. The molecule has 0 saturated heterocycles. The number of nitrogens with zero attached hydrogens (tertiary/aromatic N) is 3. The SMILES string of the molecule is Cc1cc(C(C)C#Cc2ccc3c(c2)-n2nc(C(N)=O)cc2CCO3)no1. The molecule has 4 rings (SSSR count). The van der Waals surface area contributed by atoms with Crippen LogP contribution in [0.1, 0.15) is 46.0 Å². The molecule has 0 bridgehead atoms. The van der Waals surface area contributed by atoms with E-state index < -0.39 is 5.91 Å². The first kappa shape index (κ1) is 16.9. The predicted molar refractivity (Wildman–Crippen MR) is 97.8 cm³/mol. The number of benzene rings is 1. The van der Waals surface area contributed by atoms with Crippen LogP contribution in [0.4, 0.5) is 0 Å². The maximum Gasteiger partial charge on any atom is 0.269 e. The fourth-order valence-electron chi connectivity index (χ4n) is 2.93. The molecule has 7 heteroatoms. The summed E-state index contributed by atoms with van der Waals surface area (Å²) in [7, 11) is 0. The first-order chi connectivity index (χ1) is 13.0. The Hall–Kier alpha value is -3.53. The summed E-state index contributed by atoms with van der Waals surface area (Å²) in [6, 6.07) is 9.25. The molecule has 2 aromatic heterocycles. The van der Waals surface area contributed by atoms with E-state index in [0.29, 0.717) is 18.8 Å². The van der Waals surface area contributed by atoms with Crippen LogP contribution in [0, 0.1) is 18.8 Å². The number of aromatic nitrogens is 3. The highest BCUT2D eigenvalue weighted by atomic mass is 16.5. The molecule has 1 aliphatic heterocycles. The van der Waals surface area contributed by atoms with Gasteiger partial charge in [-0.2, -0.15) is 5.10 Å². The molecule has 136 valence electrons. The van der Waals surface area contributed by atoms with Gasteiger partial charge in [0.25, 0.3) is 5.91 Å². The van der Waals surface area contributed by atoms with Gasteiger partial charge in [0.1, 0.15) is 17.2 Å². The number of aryl methyl sites for hydroxylation is 1. The zero-order valence-electron chi connectivity index (χ0n) is 15.0. The molecule has 1 atom stereocenters. The minimum Gasteiger partial charge on any atom is -0.491 e. The van der Waals surface area contributed by atoms with E-state index in [1.165, 1.54) is 0 Å². The molecule has 3 aromatic rings. The molecule has 0 radical (unpaired) electrons. The number of hydrogen-bond donors (Lipinski definition) is 1. The Morgan fingerprint density at radius 3 is 2.93 bits per heavy atom. The highest BCUT2D eigenvalue weighted by Crippen LogP contribution is 2.28. The summed E-state index contributed by atoms with van der Waals surface area (Å²) in [5.41, 5.74) is 8.84. The largest absolute Gasteiger partial charge is 0.491 e. The van der Waals surface area contributed by atoms with E-state index >= 15 is 0 Å². The summed E-state index contributed by atoms with van der Waals surface area (Å²) in [5, 5.41) is 8.33. The Bertz CT molecular complexity index is 1080. The Morgan fingerprint density at radius 1 is 1.33 bits per heavy atom. The lowest BCUT2D eigenvalue weighted by Gasteiger charge is -2.08. The predicted octanol–water partition coefficient (Wildman–Crippen LogP) is 2.36. The first-order valence-electron chi connectivity index (χ1n) is 8.62. The zero-order chi connectivity index (χ0) is 19.0. The Labute approximate surface area is 156 Å². The molecule has 1 aromatic carbocycles. The molecule has 1 aliphatic rings. The second kappa shape index (κ2) is 6.65. The molecular weight excluding hydrogens is 344 g/mol. The van der Waals surface area contributed by atoms with E-state index in [-0.39, 0.29) is 11.6 Å². The Balaban J connectivity index is 1.70.